The van der Waals surface area contributed by atoms with Crippen molar-refractivity contribution in [2.75, 3.05) is 4.72 Å². The fourth-order valence-electron chi connectivity index (χ4n) is 1.94. The molecule has 3 N–H and O–H groups in total. The van der Waals surface area contributed by atoms with Gasteiger partial charge >= 0.3 is 5.97 Å². The number of H-pyrrole nitrogens is 1. The van der Waals surface area contributed by atoms with E-state index in [4.69, 9.17) is 9.63 Å². The van der Waals surface area contributed by atoms with Crippen molar-refractivity contribution < 1.29 is 22.8 Å². The van der Waals surface area contributed by atoms with Crippen LogP contribution in [0.1, 0.15) is 27.4 Å². The van der Waals surface area contributed by atoms with Crippen LogP contribution in [0.3, 0.4) is 0 Å². The van der Waals surface area contributed by atoms with E-state index in [0.717, 1.165) is 0 Å². The molecular formula is C11H13N3O5S. The molecule has 0 aliphatic carbocycles. The summed E-state index contributed by atoms with van der Waals surface area (Å²) in [7, 11) is -3.95. The monoisotopic (exact) mass is 299 g/mol. The van der Waals surface area contributed by atoms with Crippen molar-refractivity contribution in [1.29, 1.82) is 0 Å². The highest BCUT2D eigenvalue weighted by molar-refractivity contribution is 7.92. The Morgan fingerprint density at radius 2 is 2.05 bits per heavy atom. The van der Waals surface area contributed by atoms with Crippen molar-refractivity contribution in [3.63, 3.8) is 0 Å². The molecule has 0 amide bonds. The lowest BCUT2D eigenvalue weighted by Crippen LogP contribution is -2.14. The van der Waals surface area contributed by atoms with Crippen LogP contribution in [0.4, 0.5) is 5.88 Å². The molecule has 2 heterocycles. The van der Waals surface area contributed by atoms with Gasteiger partial charge in [-0.3, -0.25) is 0 Å². The smallest absolute Gasteiger partial charge is 0.352 e. The summed E-state index contributed by atoms with van der Waals surface area (Å²) in [5, 5.41) is 12.6. The first kappa shape index (κ1) is 14.1. The molecule has 0 aliphatic heterocycles. The second-order valence-electron chi connectivity index (χ2n) is 4.32. The number of aromatic carboxylic acids is 1. The Labute approximate surface area is 114 Å². The van der Waals surface area contributed by atoms with Gasteiger partial charge in [-0.05, 0) is 20.8 Å². The van der Waals surface area contributed by atoms with Gasteiger partial charge in [0.15, 0.2) is 0 Å². The molecule has 0 bridgehead atoms. The van der Waals surface area contributed by atoms with E-state index in [-0.39, 0.29) is 27.7 Å². The van der Waals surface area contributed by atoms with Crippen LogP contribution < -0.4 is 4.72 Å². The Bertz CT molecular complexity index is 772. The number of carboxylic acids is 1. The van der Waals surface area contributed by atoms with E-state index in [2.05, 4.69) is 14.9 Å². The molecule has 0 saturated carbocycles. The number of aromatic nitrogens is 2. The quantitative estimate of drug-likeness (QED) is 0.784. The van der Waals surface area contributed by atoms with Crippen LogP contribution in [-0.4, -0.2) is 29.6 Å². The number of carboxylic acid groups (broad SMARTS) is 1. The van der Waals surface area contributed by atoms with Crippen LogP contribution in [-0.2, 0) is 10.0 Å². The summed E-state index contributed by atoms with van der Waals surface area (Å²) >= 11 is 0. The SMILES string of the molecule is Cc1cc(NS(=O)(=O)c2c(C)[nH]c(C(=O)O)c2C)on1. The van der Waals surface area contributed by atoms with E-state index in [9.17, 15) is 13.2 Å². The third kappa shape index (κ3) is 2.39. The summed E-state index contributed by atoms with van der Waals surface area (Å²) in [6.45, 7) is 4.56. The van der Waals surface area contributed by atoms with Crippen molar-refractivity contribution in [2.24, 2.45) is 0 Å². The van der Waals surface area contributed by atoms with Crippen molar-refractivity contribution in [3.8, 4) is 0 Å². The zero-order valence-corrected chi connectivity index (χ0v) is 11.8. The molecule has 0 spiro atoms. The number of nitrogens with one attached hydrogen (secondary N) is 2. The van der Waals surface area contributed by atoms with Crippen LogP contribution in [0.2, 0.25) is 0 Å². The van der Waals surface area contributed by atoms with Gasteiger partial charge in [-0.1, -0.05) is 5.16 Å². The first-order valence-corrected chi connectivity index (χ1v) is 7.09. The number of nitrogens with zero attached hydrogens (tertiary/aromatic N) is 1. The predicted molar refractivity (Wildman–Crippen MR) is 69.3 cm³/mol. The molecule has 0 aromatic carbocycles. The highest BCUT2D eigenvalue weighted by atomic mass is 32.2. The average Bonchev–Trinajstić information content (AvgIpc) is 2.82. The van der Waals surface area contributed by atoms with Crippen LogP contribution in [0.15, 0.2) is 15.5 Å². The molecule has 2 aromatic rings. The molecule has 0 saturated heterocycles. The molecule has 108 valence electrons. The summed E-state index contributed by atoms with van der Waals surface area (Å²) < 4.78 is 31.6. The van der Waals surface area contributed by atoms with Crippen LogP contribution in [0.5, 0.6) is 0 Å². The lowest BCUT2D eigenvalue weighted by molar-refractivity contribution is 0.0690. The summed E-state index contributed by atoms with van der Waals surface area (Å²) in [6, 6.07) is 1.42. The first-order valence-electron chi connectivity index (χ1n) is 5.61. The molecule has 2 rings (SSSR count). The zero-order valence-electron chi connectivity index (χ0n) is 11.0. The maximum absolute atomic E-state index is 12.3. The number of rotatable bonds is 4. The Morgan fingerprint density at radius 1 is 1.40 bits per heavy atom. The zero-order chi connectivity index (χ0) is 15.1. The Hall–Kier alpha value is -2.29. The van der Waals surface area contributed by atoms with Gasteiger partial charge in [-0.15, -0.1) is 0 Å². The van der Waals surface area contributed by atoms with Gasteiger partial charge in [0, 0.05) is 17.3 Å². The minimum Gasteiger partial charge on any atom is -0.477 e. The molecule has 9 heteroatoms. The number of aromatic amines is 1. The minimum atomic E-state index is -3.95. The summed E-state index contributed by atoms with van der Waals surface area (Å²) in [5.74, 6) is -1.25. The second-order valence-corrected chi connectivity index (χ2v) is 5.94. The summed E-state index contributed by atoms with van der Waals surface area (Å²) in [5.41, 5.74) is 0.746. The molecular weight excluding hydrogens is 286 g/mol. The normalized spacial score (nSPS) is 11.6. The number of carbonyl (C=O) groups is 1. The maximum Gasteiger partial charge on any atom is 0.352 e. The second kappa shape index (κ2) is 4.67. The highest BCUT2D eigenvalue weighted by Crippen LogP contribution is 2.25. The van der Waals surface area contributed by atoms with Crippen molar-refractivity contribution in [3.05, 3.63) is 28.7 Å². The molecule has 0 unspecified atom stereocenters. The topological polar surface area (TPSA) is 125 Å². The Kier molecular flexibility index (Phi) is 3.30. The third-order valence-electron chi connectivity index (χ3n) is 2.71. The van der Waals surface area contributed by atoms with Crippen LogP contribution in [0, 0.1) is 20.8 Å². The summed E-state index contributed by atoms with van der Waals surface area (Å²) in [4.78, 5) is 13.4. The molecule has 0 fully saturated rings. The molecule has 2 aromatic heterocycles. The molecule has 0 radical (unpaired) electrons. The Balaban J connectivity index is 2.47. The standard InChI is InChI=1S/C11H13N3O5S/c1-5-4-8(19-13-5)14-20(17,18)10-6(2)9(11(15)16)12-7(10)3/h4,12,14H,1-3H3,(H,15,16). The van der Waals surface area contributed by atoms with E-state index in [1.807, 2.05) is 0 Å². The fourth-order valence-corrected chi connectivity index (χ4v) is 3.37. The molecule has 0 atom stereocenters. The number of hydrogen-bond acceptors (Lipinski definition) is 5. The molecule has 0 aliphatic rings. The minimum absolute atomic E-state index is 0.0284. The third-order valence-corrected chi connectivity index (χ3v) is 4.33. The van der Waals surface area contributed by atoms with Crippen LogP contribution >= 0.6 is 0 Å². The van der Waals surface area contributed by atoms with Crippen LogP contribution in [0.25, 0.3) is 0 Å². The van der Waals surface area contributed by atoms with Gasteiger partial charge in [-0.25, -0.2) is 17.9 Å². The average molecular weight is 299 g/mol. The lowest BCUT2D eigenvalue weighted by atomic mass is 10.2. The number of sulfonamides is 1. The van der Waals surface area contributed by atoms with Gasteiger partial charge in [0.05, 0.1) is 5.69 Å². The van der Waals surface area contributed by atoms with Crippen molar-refractivity contribution in [1.82, 2.24) is 10.1 Å². The van der Waals surface area contributed by atoms with E-state index < -0.39 is 16.0 Å². The number of aryl methyl sites for hydroxylation is 2. The van der Waals surface area contributed by atoms with Gasteiger partial charge < -0.3 is 14.6 Å². The van der Waals surface area contributed by atoms with Gasteiger partial charge in [-0.2, -0.15) is 0 Å². The van der Waals surface area contributed by atoms with Gasteiger partial charge in [0.1, 0.15) is 10.6 Å². The molecule has 8 nitrogen and oxygen atoms in total. The first-order chi connectivity index (χ1) is 9.22. The predicted octanol–water partition coefficient (Wildman–Crippen LogP) is 1.43. The highest BCUT2D eigenvalue weighted by Gasteiger charge is 2.27. The summed E-state index contributed by atoms with van der Waals surface area (Å²) in [6.07, 6.45) is 0. The Morgan fingerprint density at radius 3 is 2.50 bits per heavy atom. The largest absolute Gasteiger partial charge is 0.477 e. The lowest BCUT2D eigenvalue weighted by Gasteiger charge is -2.05. The van der Waals surface area contributed by atoms with E-state index in [1.54, 1.807) is 6.92 Å². The van der Waals surface area contributed by atoms with Crippen molar-refractivity contribution in [2.45, 2.75) is 25.7 Å². The molecule has 20 heavy (non-hydrogen) atoms. The number of hydrogen-bond donors (Lipinski definition) is 3. The van der Waals surface area contributed by atoms with Crippen molar-refractivity contribution >= 4 is 21.9 Å². The van der Waals surface area contributed by atoms with E-state index in [1.165, 1.54) is 19.9 Å². The van der Waals surface area contributed by atoms with E-state index in [0.29, 0.717) is 5.69 Å². The van der Waals surface area contributed by atoms with Gasteiger partial charge in [0.25, 0.3) is 10.0 Å². The number of anilines is 1. The maximum atomic E-state index is 12.3. The van der Waals surface area contributed by atoms with Gasteiger partial charge in [0.2, 0.25) is 5.88 Å². The van der Waals surface area contributed by atoms with E-state index >= 15 is 0 Å². The fraction of sp³-hybridized carbons (Fsp3) is 0.273.